The molecule has 23 heavy (non-hydrogen) atoms. The zero-order valence-corrected chi connectivity index (χ0v) is 32.2. The topological polar surface area (TPSA) is 20.2 Å². The van der Waals surface area contributed by atoms with Crippen LogP contribution in [0.25, 0.3) is 0 Å². The molecule has 0 aromatic carbocycles. The molecule has 140 valence electrons. The molecule has 0 saturated heterocycles. The van der Waals surface area contributed by atoms with Crippen LogP contribution in [0.4, 0.5) is 0 Å². The van der Waals surface area contributed by atoms with E-state index in [0.717, 1.165) is 0 Å². The number of aliphatic hydroxyl groups excluding tert-OH is 1. The Morgan fingerprint density at radius 3 is 1.13 bits per heavy atom. The number of alkyl halides is 14. The Kier molecular flexibility index (Phi) is 13.0. The van der Waals surface area contributed by atoms with Gasteiger partial charge in [0.05, 0.1) is 10.3 Å². The van der Waals surface area contributed by atoms with E-state index in [1.54, 1.807) is 0 Å². The molecule has 0 rings (SSSR count). The van der Waals surface area contributed by atoms with Crippen LogP contribution in [0.2, 0.25) is 0 Å². The molecule has 1 N–H and O–H groups in total. The first kappa shape index (κ1) is 29.7. The molecule has 0 unspecified atom stereocenters. The van der Waals surface area contributed by atoms with E-state index < -0.39 is 19.4 Å². The van der Waals surface area contributed by atoms with Gasteiger partial charge in [-0.2, -0.15) is 0 Å². The standard InChI is InChI=1S/C8H4Br14O/c9-2(10)4(13,14)6(17,18)8(21,22)7(19,20)5(15,16)3(11,12)1-23/h2,23H,1H2. The first-order valence-corrected chi connectivity index (χ1v) is 16.3. The molecule has 0 spiro atoms. The quantitative estimate of drug-likeness (QED) is 0.252. The van der Waals surface area contributed by atoms with Crippen molar-refractivity contribution in [3.8, 4) is 0 Å². The van der Waals surface area contributed by atoms with Gasteiger partial charge in [-0.1, -0.05) is 223 Å². The van der Waals surface area contributed by atoms with Gasteiger partial charge < -0.3 is 5.11 Å². The molecular formula is C8H4Br14O. The maximum absolute atomic E-state index is 9.73. The largest absolute Gasteiger partial charge is 0.394 e. The minimum Gasteiger partial charge on any atom is -0.394 e. The monoisotopic (exact) mass is 1220 g/mol. The lowest BCUT2D eigenvalue weighted by Gasteiger charge is -2.55. The minimum atomic E-state index is -0.954. The van der Waals surface area contributed by atoms with Gasteiger partial charge in [0.25, 0.3) is 0 Å². The smallest absolute Gasteiger partial charge is 0.135 e. The number of halogens is 14. The van der Waals surface area contributed by atoms with Crippen molar-refractivity contribution >= 4 is 223 Å². The Balaban J connectivity index is 6.29. The highest BCUT2D eigenvalue weighted by Crippen LogP contribution is 2.74. The Morgan fingerprint density at radius 1 is 0.565 bits per heavy atom. The van der Waals surface area contributed by atoms with Gasteiger partial charge >= 0.3 is 0 Å². The van der Waals surface area contributed by atoms with Gasteiger partial charge in [-0.25, -0.2) is 0 Å². The summed E-state index contributed by atoms with van der Waals surface area (Å²) in [6, 6.07) is 0. The summed E-state index contributed by atoms with van der Waals surface area (Å²) >= 11 is 50.8. The number of rotatable bonds is 7. The molecule has 0 aliphatic rings. The predicted octanol–water partition coefficient (Wildman–Crippen LogP) is 10.0. The lowest BCUT2D eigenvalue weighted by atomic mass is 10.1. The summed E-state index contributed by atoms with van der Waals surface area (Å²) in [5.74, 6) is 0. The highest BCUT2D eigenvalue weighted by atomic mass is 79.9. The molecule has 0 aromatic rings. The van der Waals surface area contributed by atoms with Gasteiger partial charge in [-0.15, -0.1) is 0 Å². The van der Waals surface area contributed by atoms with E-state index in [1.165, 1.54) is 0 Å². The molecule has 0 fully saturated rings. The summed E-state index contributed by atoms with van der Waals surface area (Å²) in [7, 11) is 0. The normalized spacial score (nSPS) is 16.2. The number of hydrogen-bond donors (Lipinski definition) is 1. The van der Waals surface area contributed by atoms with Crippen molar-refractivity contribution in [3.63, 3.8) is 0 Å². The van der Waals surface area contributed by atoms with Crippen molar-refractivity contribution < 1.29 is 5.11 Å². The first-order valence-electron chi connectivity index (χ1n) is 4.91. The average molecular weight is 1230 g/mol. The molecule has 15 heteroatoms. The van der Waals surface area contributed by atoms with Crippen LogP contribution < -0.4 is 0 Å². The average Bonchev–Trinajstić information content (AvgIpc) is 2.37. The van der Waals surface area contributed by atoms with E-state index in [-0.39, 0.29) is 10.3 Å². The third-order valence-electron chi connectivity index (χ3n) is 2.53. The van der Waals surface area contributed by atoms with Crippen molar-refractivity contribution in [2.45, 2.75) is 23.1 Å². The van der Waals surface area contributed by atoms with Crippen LogP contribution in [-0.2, 0) is 0 Å². The Morgan fingerprint density at radius 2 is 0.870 bits per heavy atom. The van der Waals surface area contributed by atoms with Crippen LogP contribution in [0.1, 0.15) is 0 Å². The summed E-state index contributed by atoms with van der Waals surface area (Å²) in [6.45, 7) is -0.219. The van der Waals surface area contributed by atoms with Gasteiger partial charge in [-0.05, 0) is 0 Å². The van der Waals surface area contributed by atoms with Crippen molar-refractivity contribution in [1.29, 1.82) is 0 Å². The molecular weight excluding hydrogens is 1230 g/mol. The molecule has 0 heterocycles. The molecule has 0 amide bonds. The van der Waals surface area contributed by atoms with Crippen LogP contribution >= 0.6 is 223 Å². The van der Waals surface area contributed by atoms with E-state index in [4.69, 9.17) is 0 Å². The second kappa shape index (κ2) is 10.1. The lowest BCUT2D eigenvalue weighted by molar-refractivity contribution is 0.282. The van der Waals surface area contributed by atoms with Gasteiger partial charge in [0.2, 0.25) is 0 Å². The van der Waals surface area contributed by atoms with Gasteiger partial charge in [0.15, 0.2) is 0 Å². The zero-order chi connectivity index (χ0) is 19.3. The second-order valence-corrected chi connectivity index (χ2v) is 28.3. The second-order valence-electron chi connectivity index (χ2n) is 4.08. The highest BCUT2D eigenvalue weighted by molar-refractivity contribution is 9.36. The fourth-order valence-corrected chi connectivity index (χ4v) is 12.8. The molecule has 0 atom stereocenters. The Labute approximate surface area is 252 Å². The van der Waals surface area contributed by atoms with Crippen LogP contribution in [0, 0.1) is 0 Å². The van der Waals surface area contributed by atoms with Crippen molar-refractivity contribution in [2.24, 2.45) is 0 Å². The maximum Gasteiger partial charge on any atom is 0.135 e. The predicted molar refractivity (Wildman–Crippen MR) is 152 cm³/mol. The number of hydrogen-bond acceptors (Lipinski definition) is 1. The summed E-state index contributed by atoms with van der Waals surface area (Å²) in [6.07, 6.45) is 0. The molecule has 1 nitrogen and oxygen atoms in total. The maximum atomic E-state index is 9.73. The number of aliphatic hydroxyl groups is 1. The minimum absolute atomic E-state index is 0.179. The molecule has 0 aliphatic carbocycles. The third-order valence-corrected chi connectivity index (χ3v) is 30.5. The SMILES string of the molecule is OCC(Br)(Br)C(Br)(Br)C(Br)(Br)C(Br)(Br)C(Br)(Br)C(Br)(Br)C(Br)Br. The summed E-state index contributed by atoms with van der Waals surface area (Å²) < 4.78 is -5.51. The Bertz CT molecular complexity index is 426. The summed E-state index contributed by atoms with van der Waals surface area (Å²) in [4.78, 5) is 0. The fraction of sp³-hybridized carbons (Fsp3) is 1.00. The van der Waals surface area contributed by atoms with E-state index in [1.807, 2.05) is 0 Å². The lowest BCUT2D eigenvalue weighted by Crippen LogP contribution is -2.65. The van der Waals surface area contributed by atoms with Crippen molar-refractivity contribution in [2.75, 3.05) is 6.61 Å². The van der Waals surface area contributed by atoms with Crippen LogP contribution in [0.3, 0.4) is 0 Å². The summed E-state index contributed by atoms with van der Waals surface area (Å²) in [5, 5.41) is 9.73. The van der Waals surface area contributed by atoms with Crippen LogP contribution in [0.5, 0.6) is 0 Å². The molecule has 0 radical (unpaired) electrons. The van der Waals surface area contributed by atoms with E-state index in [9.17, 15) is 5.11 Å². The fourth-order valence-electron chi connectivity index (χ4n) is 1.07. The third kappa shape index (κ3) is 5.54. The zero-order valence-electron chi connectivity index (χ0n) is 10.0. The molecule has 0 aliphatic heterocycles. The van der Waals surface area contributed by atoms with Crippen molar-refractivity contribution in [1.82, 2.24) is 0 Å². The molecule has 0 saturated carbocycles. The van der Waals surface area contributed by atoms with Gasteiger partial charge in [0, 0.05) is 0 Å². The van der Waals surface area contributed by atoms with Crippen LogP contribution in [-0.4, -0.2) is 34.9 Å². The van der Waals surface area contributed by atoms with Crippen LogP contribution in [0.15, 0.2) is 0 Å². The van der Waals surface area contributed by atoms with Gasteiger partial charge in [0.1, 0.15) is 19.4 Å². The van der Waals surface area contributed by atoms with E-state index in [2.05, 4.69) is 223 Å². The Hall–Kier alpha value is 6.68. The van der Waals surface area contributed by atoms with E-state index in [0.29, 0.717) is 0 Å². The van der Waals surface area contributed by atoms with Crippen molar-refractivity contribution in [3.05, 3.63) is 0 Å². The van der Waals surface area contributed by atoms with E-state index >= 15 is 0 Å². The first-order chi connectivity index (χ1) is 9.75. The molecule has 0 bridgehead atoms. The molecule has 0 aromatic heterocycles. The van der Waals surface area contributed by atoms with Gasteiger partial charge in [-0.3, -0.25) is 0 Å². The summed E-state index contributed by atoms with van der Waals surface area (Å²) in [5.41, 5.74) is 0. The highest BCUT2D eigenvalue weighted by Gasteiger charge is 2.73.